The largest absolute Gasteiger partial charge is 0.504 e. The molecule has 2 aromatic carbocycles. The Kier molecular flexibility index (Phi) is 11.9. The highest BCUT2D eigenvalue weighted by molar-refractivity contribution is 8.00. The zero-order valence-electron chi connectivity index (χ0n) is 32.8. The van der Waals surface area contributed by atoms with Crippen molar-refractivity contribution in [2.24, 2.45) is 11.1 Å². The van der Waals surface area contributed by atoms with Crippen LogP contribution in [0.5, 0.6) is 11.5 Å². The van der Waals surface area contributed by atoms with Crippen LogP contribution in [-0.2, 0) is 35.3 Å². The van der Waals surface area contributed by atoms with Gasteiger partial charge in [-0.2, -0.15) is 0 Å². The molecular formula is C43H45N4O8S2+. The van der Waals surface area contributed by atoms with Crippen LogP contribution in [0.4, 0.5) is 0 Å². The predicted octanol–water partition coefficient (Wildman–Crippen LogP) is 6.75. The number of ether oxygens (including phenoxy) is 1. The van der Waals surface area contributed by atoms with Crippen molar-refractivity contribution in [2.45, 2.75) is 78.0 Å². The Bertz CT molecular complexity index is 2320. The number of carbonyl (C=O) groups is 4. The highest BCUT2D eigenvalue weighted by atomic mass is 32.2. The van der Waals surface area contributed by atoms with E-state index in [2.05, 4.69) is 10.1 Å². The van der Waals surface area contributed by atoms with Crippen LogP contribution in [-0.4, -0.2) is 71.6 Å². The van der Waals surface area contributed by atoms with Crippen molar-refractivity contribution in [3.8, 4) is 22.6 Å². The number of rotatable bonds is 13. The molecule has 0 unspecified atom stereocenters. The van der Waals surface area contributed by atoms with Crippen molar-refractivity contribution in [1.82, 2.24) is 9.88 Å². The number of esters is 1. The third-order valence-corrected chi connectivity index (χ3v) is 11.3. The van der Waals surface area contributed by atoms with Crippen molar-refractivity contribution >= 4 is 58.3 Å². The average Bonchev–Trinajstić information content (AvgIpc) is 3.59. The summed E-state index contributed by atoms with van der Waals surface area (Å²) in [7, 11) is 0. The lowest BCUT2D eigenvalue weighted by molar-refractivity contribution is -0.687. The molecule has 0 spiro atoms. The van der Waals surface area contributed by atoms with Crippen molar-refractivity contribution < 1.29 is 43.5 Å². The molecule has 1 saturated heterocycles. The number of thiazole rings is 1. The molecule has 12 nitrogen and oxygen atoms in total. The van der Waals surface area contributed by atoms with Crippen LogP contribution in [0.2, 0.25) is 0 Å². The minimum Gasteiger partial charge on any atom is -0.504 e. The first-order valence-electron chi connectivity index (χ1n) is 18.3. The second-order valence-corrected chi connectivity index (χ2v) is 17.6. The molecule has 0 bridgehead atoms. The van der Waals surface area contributed by atoms with Gasteiger partial charge in [0.25, 0.3) is 0 Å². The van der Waals surface area contributed by atoms with Gasteiger partial charge in [0.2, 0.25) is 11.5 Å². The van der Waals surface area contributed by atoms with Crippen LogP contribution in [0.25, 0.3) is 17.2 Å². The predicted molar refractivity (Wildman–Crippen MR) is 218 cm³/mol. The van der Waals surface area contributed by atoms with E-state index in [1.807, 2.05) is 65.5 Å². The number of aromatic nitrogens is 2. The molecule has 4 heterocycles. The Morgan fingerprint density at radius 1 is 1.02 bits per heavy atom. The number of β-lactam (4-membered cyclic amide) rings is 1. The van der Waals surface area contributed by atoms with Crippen LogP contribution in [0.15, 0.2) is 94.9 Å². The molecule has 2 atom stereocenters. The fraction of sp³-hybridized carbons (Fsp3) is 0.326. The molecule has 6 rings (SSSR count). The summed E-state index contributed by atoms with van der Waals surface area (Å²) >= 11 is 2.82. The lowest BCUT2D eigenvalue weighted by Crippen LogP contribution is -2.61. The third-order valence-electron chi connectivity index (χ3n) is 9.22. The zero-order valence-corrected chi connectivity index (χ0v) is 34.4. The zero-order chi connectivity index (χ0) is 41.2. The van der Waals surface area contributed by atoms with Crippen molar-refractivity contribution in [1.29, 1.82) is 0 Å². The Balaban J connectivity index is 1.13. The molecule has 296 valence electrons. The van der Waals surface area contributed by atoms with Crippen molar-refractivity contribution in [2.75, 3.05) is 5.75 Å². The van der Waals surface area contributed by atoms with Gasteiger partial charge in [0.1, 0.15) is 11.3 Å². The number of benzene rings is 2. The molecule has 2 aliphatic rings. The first-order valence-corrected chi connectivity index (χ1v) is 20.3. The number of aromatic hydroxyl groups is 2. The normalized spacial score (nSPS) is 17.4. The van der Waals surface area contributed by atoms with E-state index in [0.29, 0.717) is 23.0 Å². The Hall–Kier alpha value is -5.60. The van der Waals surface area contributed by atoms with E-state index in [1.165, 1.54) is 60.9 Å². The topological polar surface area (TPSA) is 160 Å². The van der Waals surface area contributed by atoms with E-state index in [9.17, 15) is 29.4 Å². The molecule has 0 saturated carbocycles. The van der Waals surface area contributed by atoms with E-state index < -0.39 is 34.2 Å². The second kappa shape index (κ2) is 16.5. The SMILES string of the molecule is CC(=O)C1=C(C=Cc2ccc(C[n+]3cccc(-c4ccc(O)c(O)c4)c3)cc2)CS[C@@H]2[C@H](CC(=O)/C(=N\OC(C)(C)C(=O)OC(C)(C)C)c3csc(C)n3)C(=O)N12. The summed E-state index contributed by atoms with van der Waals surface area (Å²) in [5, 5.41) is 25.7. The monoisotopic (exact) mass is 809 g/mol. The van der Waals surface area contributed by atoms with E-state index >= 15 is 0 Å². The summed E-state index contributed by atoms with van der Waals surface area (Å²) < 4.78 is 7.49. The number of Topliss-reactive ketones (excluding diaryl/α,β-unsaturated/α-hetero) is 2. The lowest BCUT2D eigenvalue weighted by atomic mass is 9.88. The molecule has 57 heavy (non-hydrogen) atoms. The van der Waals surface area contributed by atoms with E-state index in [4.69, 9.17) is 9.57 Å². The van der Waals surface area contributed by atoms with Crippen molar-refractivity contribution in [3.63, 3.8) is 0 Å². The maximum absolute atomic E-state index is 13.8. The van der Waals surface area contributed by atoms with Gasteiger partial charge in [0, 0.05) is 41.7 Å². The average molecular weight is 810 g/mol. The van der Waals surface area contributed by atoms with Gasteiger partial charge in [-0.05, 0) is 76.4 Å². The van der Waals surface area contributed by atoms with E-state index in [-0.39, 0.29) is 41.0 Å². The maximum Gasteiger partial charge on any atom is 0.353 e. The Morgan fingerprint density at radius 3 is 2.40 bits per heavy atom. The first kappa shape index (κ1) is 41.0. The van der Waals surface area contributed by atoms with Gasteiger partial charge in [0.15, 0.2) is 47.7 Å². The highest BCUT2D eigenvalue weighted by Gasteiger charge is 2.53. The second-order valence-electron chi connectivity index (χ2n) is 15.4. The van der Waals surface area contributed by atoms with Gasteiger partial charge in [0.05, 0.1) is 22.0 Å². The molecule has 1 fully saturated rings. The number of pyridine rings is 1. The van der Waals surface area contributed by atoms with Crippen molar-refractivity contribution in [3.05, 3.63) is 112 Å². The van der Waals surface area contributed by atoms with Crippen LogP contribution >= 0.6 is 23.1 Å². The molecule has 2 aliphatic heterocycles. The quantitative estimate of drug-likeness (QED) is 0.0369. The minimum atomic E-state index is -1.51. The molecule has 0 radical (unpaired) electrons. The van der Waals surface area contributed by atoms with Crippen LogP contribution in [0.1, 0.15) is 69.8 Å². The third kappa shape index (κ3) is 9.51. The van der Waals surface area contributed by atoms with Gasteiger partial charge < -0.3 is 19.8 Å². The number of phenols is 2. The fourth-order valence-corrected chi connectivity index (χ4v) is 8.29. The number of nitrogens with zero attached hydrogens (tertiary/aromatic N) is 4. The van der Waals surface area contributed by atoms with Crippen LogP contribution < -0.4 is 4.57 Å². The number of oxime groups is 1. The van der Waals surface area contributed by atoms with Gasteiger partial charge in [-0.3, -0.25) is 19.3 Å². The highest BCUT2D eigenvalue weighted by Crippen LogP contribution is 2.46. The Morgan fingerprint density at radius 2 is 1.75 bits per heavy atom. The number of aryl methyl sites for hydroxylation is 1. The van der Waals surface area contributed by atoms with Gasteiger partial charge >= 0.3 is 5.97 Å². The van der Waals surface area contributed by atoms with E-state index in [0.717, 1.165) is 27.8 Å². The summed E-state index contributed by atoms with van der Waals surface area (Å²) in [5.74, 6) is -2.25. The summed E-state index contributed by atoms with van der Waals surface area (Å²) in [4.78, 5) is 64.8. The van der Waals surface area contributed by atoms with Gasteiger partial charge in [-0.1, -0.05) is 47.6 Å². The van der Waals surface area contributed by atoms with E-state index in [1.54, 1.807) is 39.1 Å². The standard InChI is InChI=1S/C43H44N4O8S2/c1-25(48)38-31(15-14-27-10-12-28(13-11-27)21-46-18-8-9-30(22-46)29-16-17-34(49)35(50)19-29)23-57-40-32(39(52)47(38)40)20-36(51)37(33-24-56-26(2)44-33)45-55-43(6,7)41(53)54-42(3,4)5/h8-19,22,24,32,40H,20-21,23H2,1-7H3,(H-,45,49,50,51)/p+1/t32-,40-/m1/s1. The first-order chi connectivity index (χ1) is 26.9. The number of fused-ring (bicyclic) bond motifs is 1. The number of ketones is 2. The Labute approximate surface area is 339 Å². The number of thioether (sulfide) groups is 1. The summed E-state index contributed by atoms with van der Waals surface area (Å²) in [5.41, 5.74) is 2.62. The molecule has 0 aliphatic carbocycles. The molecule has 14 heteroatoms. The number of allylic oxidation sites excluding steroid dienone is 2. The van der Waals surface area contributed by atoms with Crippen LogP contribution in [0.3, 0.4) is 0 Å². The number of phenolic OH excluding ortho intramolecular Hbond substituents is 2. The van der Waals surface area contributed by atoms with Crippen LogP contribution in [0, 0.1) is 12.8 Å². The fourth-order valence-electron chi connectivity index (χ4n) is 6.30. The summed E-state index contributed by atoms with van der Waals surface area (Å²) in [6, 6.07) is 16.6. The smallest absolute Gasteiger partial charge is 0.353 e. The molecule has 4 aromatic rings. The maximum atomic E-state index is 13.8. The molecular weight excluding hydrogens is 765 g/mol. The van der Waals surface area contributed by atoms with Gasteiger partial charge in [-0.25, -0.2) is 14.3 Å². The number of amides is 1. The number of carbonyl (C=O) groups excluding carboxylic acids is 4. The number of hydrogen-bond donors (Lipinski definition) is 2. The summed E-state index contributed by atoms with van der Waals surface area (Å²) in [6.07, 6.45) is 7.53. The molecule has 2 aromatic heterocycles. The minimum absolute atomic E-state index is 0.0950. The molecule has 2 N–H and O–H groups in total. The lowest BCUT2D eigenvalue weighted by Gasteiger charge is -2.49. The van der Waals surface area contributed by atoms with Gasteiger partial charge in [-0.15, -0.1) is 23.1 Å². The molecule has 1 amide bonds. The number of hydrogen-bond acceptors (Lipinski definition) is 12. The summed E-state index contributed by atoms with van der Waals surface area (Å²) in [6.45, 7) is 12.0.